The Bertz CT molecular complexity index is 966. The van der Waals surface area contributed by atoms with Crippen LogP contribution in [0.3, 0.4) is 0 Å². The summed E-state index contributed by atoms with van der Waals surface area (Å²) in [5.41, 5.74) is 0. The summed E-state index contributed by atoms with van der Waals surface area (Å²) >= 11 is 2.71. The average molecular weight is 805 g/mol. The third kappa shape index (κ3) is 26.9. The summed E-state index contributed by atoms with van der Waals surface area (Å²) in [6.07, 6.45) is 20.0. The first kappa shape index (κ1) is 59.4. The number of hydrogen-bond acceptors (Lipinski definition) is 0. The predicted octanol–water partition coefficient (Wildman–Crippen LogP) is 10.5. The number of halogens is 4. The molecule has 4 radical (unpaired) electrons. The van der Waals surface area contributed by atoms with Crippen molar-refractivity contribution in [3.05, 3.63) is 163 Å². The Kier molecular flexibility index (Phi) is 64.5. The average Bonchev–Trinajstić information content (AvgIpc) is 3.71. The summed E-state index contributed by atoms with van der Waals surface area (Å²) in [5, 5.41) is 5.32. The standard InChI is InChI=1S/2C9H7.2C5H5.4CH3.4ClH.2Si.2Zr/c2*1-2-5-9-7-3-6-8(9)4-1;2*1-2-4-5-3-1;;;;;;;;;;;;/h2*1-7H;2*1-3H,4H2;4*1H3;4*1H;;;;/q8*-1;;;;;;;;. The summed E-state index contributed by atoms with van der Waals surface area (Å²) in [6.45, 7) is 6.12. The molecule has 40 heavy (non-hydrogen) atoms. The predicted molar refractivity (Wildman–Crippen MR) is 188 cm³/mol. The molecule has 0 amide bonds. The fraction of sp³-hybridized carbons (Fsp3) is 0.0625. The Balaban J connectivity index is -0.0000000525. The molecular weight excluding hydrogens is 765 g/mol. The van der Waals surface area contributed by atoms with Crippen LogP contribution in [0.2, 0.25) is 0 Å². The first-order valence-corrected chi connectivity index (χ1v) is 18.5. The fourth-order valence-corrected chi connectivity index (χ4v) is 2.82. The van der Waals surface area contributed by atoms with Gasteiger partial charge in [0.25, 0.3) is 0 Å². The van der Waals surface area contributed by atoms with Gasteiger partial charge in [-0.3, -0.25) is 12.2 Å². The zero-order valence-corrected chi connectivity index (χ0v) is 33.8. The third-order valence-electron chi connectivity index (χ3n) is 4.27. The maximum Gasteiger partial charge on any atom is -0.0809 e. The van der Waals surface area contributed by atoms with Crippen molar-refractivity contribution in [2.45, 2.75) is 12.8 Å². The van der Waals surface area contributed by atoms with Gasteiger partial charge in [0.1, 0.15) is 0 Å². The molecule has 8 heteroatoms. The van der Waals surface area contributed by atoms with Gasteiger partial charge in [-0.15, -0.1) is 122 Å². The van der Waals surface area contributed by atoms with Crippen LogP contribution < -0.4 is 0 Å². The van der Waals surface area contributed by atoms with Crippen LogP contribution in [-0.2, 0) is 46.7 Å². The Hall–Kier alpha value is -0.0200. The van der Waals surface area contributed by atoms with Crippen LogP contribution in [0.1, 0.15) is 12.8 Å². The van der Waals surface area contributed by atoms with Gasteiger partial charge < -0.3 is 29.7 Å². The molecule has 0 saturated carbocycles. The molecule has 0 aromatic heterocycles. The Morgan fingerprint density at radius 1 is 0.525 bits per heavy atom. The van der Waals surface area contributed by atoms with Gasteiger partial charge in [-0.25, -0.2) is 24.3 Å². The molecular formula is C32H40Cl4Si2Zr2-8. The van der Waals surface area contributed by atoms with Crippen LogP contribution in [0.25, 0.3) is 21.5 Å². The minimum atomic E-state index is 0. The Morgan fingerprint density at radius 2 is 0.850 bits per heavy atom. The van der Waals surface area contributed by atoms with Crippen molar-refractivity contribution in [2.75, 3.05) is 0 Å². The van der Waals surface area contributed by atoms with Crippen LogP contribution in [0, 0.1) is 41.9 Å². The zero-order valence-electron chi connectivity index (χ0n) is 23.6. The maximum absolute atomic E-state index is 3.06. The van der Waals surface area contributed by atoms with Crippen LogP contribution in [-0.4, -0.2) is 13.8 Å². The molecule has 2 aliphatic carbocycles. The van der Waals surface area contributed by atoms with Crippen LogP contribution >= 0.6 is 49.6 Å². The molecule has 0 spiro atoms. The van der Waals surface area contributed by atoms with E-state index in [1.165, 1.54) is 68.2 Å². The van der Waals surface area contributed by atoms with E-state index < -0.39 is 0 Å². The van der Waals surface area contributed by atoms with E-state index in [1.807, 2.05) is 24.3 Å². The van der Waals surface area contributed by atoms with Crippen molar-refractivity contribution >= 4 is 84.9 Å². The van der Waals surface area contributed by atoms with Crippen molar-refractivity contribution in [2.24, 2.45) is 0 Å². The van der Waals surface area contributed by atoms with Crippen molar-refractivity contribution in [3.63, 3.8) is 0 Å². The van der Waals surface area contributed by atoms with Gasteiger partial charge in [-0.05, 0) is 0 Å². The minimum Gasteiger partial charge on any atom is -0.168 e. The van der Waals surface area contributed by atoms with E-state index in [4.69, 9.17) is 0 Å². The van der Waals surface area contributed by atoms with Gasteiger partial charge in [0, 0.05) is 0 Å². The smallest absolute Gasteiger partial charge is 0.0809 e. The normalized spacial score (nSPS) is 9.15. The van der Waals surface area contributed by atoms with Crippen molar-refractivity contribution in [1.29, 1.82) is 0 Å². The fourth-order valence-electron chi connectivity index (χ4n) is 2.82. The molecule has 0 unspecified atom stereocenters. The summed E-state index contributed by atoms with van der Waals surface area (Å²) in [4.78, 5) is 0. The van der Waals surface area contributed by atoms with Gasteiger partial charge in [-0.1, -0.05) is 12.1 Å². The molecule has 0 heterocycles. The summed E-state index contributed by atoms with van der Waals surface area (Å²) < 4.78 is 0. The second kappa shape index (κ2) is 43.4. The van der Waals surface area contributed by atoms with Crippen molar-refractivity contribution in [1.82, 2.24) is 0 Å². The van der Waals surface area contributed by atoms with E-state index >= 15 is 0 Å². The summed E-state index contributed by atoms with van der Waals surface area (Å²) in [7, 11) is 0. The second-order valence-electron chi connectivity index (χ2n) is 6.32. The largest absolute Gasteiger partial charge is 0.168 e. The molecule has 2 aliphatic rings. The third-order valence-corrected chi connectivity index (χ3v) is 4.27. The molecule has 0 fully saturated rings. The SMILES string of the molecule is Cl.Cl.Cl.Cl.[C-]1=CC=CC1.[C-]1=CC=CC1.[CH3-].[CH3-].[CH3-].[CH3-].[Si]=[Zr].[Si]=[Zr].c1ccc2[cH-]ccc2c1.c1ccc2[cH-]ccc2c1. The maximum atomic E-state index is 3.06. The first-order chi connectivity index (χ1) is 15.9. The number of hydrogen-bond donors (Lipinski definition) is 0. The molecule has 220 valence electrons. The molecule has 0 bridgehead atoms. The minimum absolute atomic E-state index is 0. The van der Waals surface area contributed by atoms with E-state index in [0.29, 0.717) is 0 Å². The van der Waals surface area contributed by atoms with Crippen LogP contribution in [0.5, 0.6) is 0 Å². The Labute approximate surface area is 304 Å². The first-order valence-electron chi connectivity index (χ1n) is 10.1. The molecule has 6 rings (SSSR count). The molecule has 0 atom stereocenters. The molecule has 0 saturated heterocycles. The van der Waals surface area contributed by atoms with E-state index in [9.17, 15) is 0 Å². The van der Waals surface area contributed by atoms with Gasteiger partial charge in [-0.2, -0.15) is 47.2 Å². The van der Waals surface area contributed by atoms with E-state index in [-0.39, 0.29) is 79.3 Å². The van der Waals surface area contributed by atoms with Crippen molar-refractivity contribution < 1.29 is 46.7 Å². The quantitative estimate of drug-likeness (QED) is 0.123. The van der Waals surface area contributed by atoms with Gasteiger partial charge in [0.05, 0.1) is 0 Å². The molecule has 4 aromatic rings. The monoisotopic (exact) mass is 800 g/mol. The molecule has 0 aliphatic heterocycles. The van der Waals surface area contributed by atoms with Crippen molar-refractivity contribution in [3.8, 4) is 0 Å². The zero-order chi connectivity index (χ0) is 23.3. The van der Waals surface area contributed by atoms with E-state index in [0.717, 1.165) is 12.8 Å². The van der Waals surface area contributed by atoms with Gasteiger partial charge in [0.2, 0.25) is 0 Å². The topological polar surface area (TPSA) is 0 Å². The van der Waals surface area contributed by atoms with Crippen LogP contribution in [0.4, 0.5) is 0 Å². The van der Waals surface area contributed by atoms with E-state index in [2.05, 4.69) is 123 Å². The molecule has 0 N–H and O–H groups in total. The van der Waals surface area contributed by atoms with Gasteiger partial charge >= 0.3 is 60.4 Å². The number of rotatable bonds is 0. The number of allylic oxidation sites excluding steroid dienone is 8. The van der Waals surface area contributed by atoms with E-state index in [1.54, 1.807) is 0 Å². The Morgan fingerprint density at radius 3 is 1.07 bits per heavy atom. The molecule has 4 aromatic carbocycles. The summed E-state index contributed by atoms with van der Waals surface area (Å²) in [6, 6.07) is 29.3. The number of benzene rings is 2. The van der Waals surface area contributed by atoms with Gasteiger partial charge in [0.15, 0.2) is 0 Å². The number of fused-ring (bicyclic) bond motifs is 2. The summed E-state index contributed by atoms with van der Waals surface area (Å²) in [5.74, 6) is 0. The second-order valence-corrected chi connectivity index (χ2v) is 6.32. The van der Waals surface area contributed by atoms with Crippen LogP contribution in [0.15, 0.2) is 121 Å². The molecule has 0 nitrogen and oxygen atoms in total.